The first-order valence-corrected chi connectivity index (χ1v) is 17.1. The lowest BCUT2D eigenvalue weighted by Crippen LogP contribution is -2.53. The number of amides is 2. The van der Waals surface area contributed by atoms with E-state index >= 15 is 0 Å². The van der Waals surface area contributed by atoms with E-state index in [4.69, 9.17) is 9.57 Å². The molecule has 0 aromatic carbocycles. The molecule has 10 heteroatoms. The van der Waals surface area contributed by atoms with Crippen LogP contribution in [0.15, 0.2) is 12.8 Å². The highest BCUT2D eigenvalue weighted by molar-refractivity contribution is 5.75. The van der Waals surface area contributed by atoms with Crippen LogP contribution in [-0.2, 0) is 19.2 Å². The molecule has 10 nitrogen and oxygen atoms in total. The second-order valence-electron chi connectivity index (χ2n) is 15.4. The minimum absolute atomic E-state index is 0.0188. The van der Waals surface area contributed by atoms with E-state index in [0.29, 0.717) is 63.9 Å². The molecule has 0 heterocycles. The van der Waals surface area contributed by atoms with Crippen molar-refractivity contribution < 1.29 is 24.3 Å². The van der Waals surface area contributed by atoms with E-state index in [0.717, 1.165) is 13.0 Å². The second-order valence-corrected chi connectivity index (χ2v) is 15.4. The van der Waals surface area contributed by atoms with Crippen molar-refractivity contribution in [1.29, 1.82) is 0 Å². The third-order valence-corrected chi connectivity index (χ3v) is 8.48. The van der Waals surface area contributed by atoms with Gasteiger partial charge in [-0.3, -0.25) is 19.3 Å². The Labute approximate surface area is 276 Å². The summed E-state index contributed by atoms with van der Waals surface area (Å²) in [7, 11) is 0. The van der Waals surface area contributed by atoms with Crippen LogP contribution in [0.5, 0.6) is 0 Å². The number of hydroxylamine groups is 1. The van der Waals surface area contributed by atoms with E-state index in [9.17, 15) is 14.7 Å². The van der Waals surface area contributed by atoms with E-state index in [-0.39, 0.29) is 17.5 Å². The molecule has 0 aromatic rings. The molecule has 45 heavy (non-hydrogen) atoms. The van der Waals surface area contributed by atoms with Gasteiger partial charge < -0.3 is 25.4 Å². The summed E-state index contributed by atoms with van der Waals surface area (Å²) in [5, 5.41) is 16.2. The molecular weight excluding hydrogens is 570 g/mol. The Hall–Kier alpha value is -1.72. The molecule has 0 rings (SSSR count). The van der Waals surface area contributed by atoms with Gasteiger partial charge in [0.15, 0.2) is 0 Å². The van der Waals surface area contributed by atoms with Crippen molar-refractivity contribution in [2.24, 2.45) is 10.8 Å². The number of nitrogens with one attached hydrogen (secondary N) is 3. The fourth-order valence-electron chi connectivity index (χ4n) is 5.43. The van der Waals surface area contributed by atoms with Gasteiger partial charge in [-0.1, -0.05) is 54.0 Å². The summed E-state index contributed by atoms with van der Waals surface area (Å²) in [6, 6.07) is 0. The number of carbonyl (C=O) groups is 2. The molecule has 266 valence electrons. The van der Waals surface area contributed by atoms with Crippen LogP contribution in [-0.4, -0.2) is 90.2 Å². The molecule has 0 saturated carbocycles. The Balaban J connectivity index is 4.61. The lowest BCUT2D eigenvalue weighted by molar-refractivity contribution is -0.157. The van der Waals surface area contributed by atoms with Gasteiger partial charge in [-0.2, -0.15) is 5.48 Å². The van der Waals surface area contributed by atoms with Crippen LogP contribution in [0, 0.1) is 10.8 Å². The normalized spacial score (nSPS) is 14.2. The number of rotatable bonds is 28. The fraction of sp³-hybridized carbons (Fsp3) is 0.886. The smallest absolute Gasteiger partial charge is 0.220 e. The predicted molar refractivity (Wildman–Crippen MR) is 185 cm³/mol. The average Bonchev–Trinajstić information content (AvgIpc) is 2.92. The highest BCUT2D eigenvalue weighted by Gasteiger charge is 2.30. The summed E-state index contributed by atoms with van der Waals surface area (Å²) in [5.74, 6) is -0.0188. The topological polar surface area (TPSA) is 115 Å². The summed E-state index contributed by atoms with van der Waals surface area (Å²) in [6.45, 7) is 30.7. The van der Waals surface area contributed by atoms with Gasteiger partial charge in [-0.25, -0.2) is 0 Å². The first-order valence-electron chi connectivity index (χ1n) is 17.1. The largest absolute Gasteiger partial charge is 0.379 e. The van der Waals surface area contributed by atoms with Crippen LogP contribution < -0.4 is 16.1 Å². The lowest BCUT2D eigenvalue weighted by Gasteiger charge is -2.40. The van der Waals surface area contributed by atoms with Gasteiger partial charge in [0.05, 0.1) is 24.0 Å². The maximum absolute atomic E-state index is 12.4. The zero-order chi connectivity index (χ0) is 34.7. The van der Waals surface area contributed by atoms with Crippen LogP contribution in [0.2, 0.25) is 0 Å². The molecule has 0 fully saturated rings. The van der Waals surface area contributed by atoms with E-state index in [2.05, 4.69) is 62.2 Å². The Morgan fingerprint density at radius 2 is 1.53 bits per heavy atom. The number of nitrogens with zero attached hydrogens (tertiary/aromatic N) is 2. The van der Waals surface area contributed by atoms with Crippen molar-refractivity contribution in [2.75, 3.05) is 39.3 Å². The molecule has 0 saturated heterocycles. The second kappa shape index (κ2) is 21.2. The molecule has 4 N–H and O–H groups in total. The molecule has 2 atom stereocenters. The molecule has 0 aliphatic carbocycles. The molecule has 0 aliphatic rings. The molecule has 2 amide bonds. The van der Waals surface area contributed by atoms with Crippen molar-refractivity contribution in [3.05, 3.63) is 12.8 Å². The lowest BCUT2D eigenvalue weighted by atomic mass is 9.79. The molecule has 0 radical (unpaired) electrons. The Morgan fingerprint density at radius 3 is 2.11 bits per heavy atom. The van der Waals surface area contributed by atoms with Gasteiger partial charge in [0.2, 0.25) is 12.3 Å². The van der Waals surface area contributed by atoms with Gasteiger partial charge in [-0.05, 0) is 84.3 Å². The molecular formula is C35H71N5O5. The number of hydrogen-bond donors (Lipinski definition) is 4. The molecule has 2 unspecified atom stereocenters. The van der Waals surface area contributed by atoms with Crippen molar-refractivity contribution >= 4 is 12.3 Å². The van der Waals surface area contributed by atoms with Crippen LogP contribution in [0.3, 0.4) is 0 Å². The first kappa shape index (κ1) is 43.3. The maximum Gasteiger partial charge on any atom is 0.220 e. The number of aliphatic hydroxyl groups is 1. The summed E-state index contributed by atoms with van der Waals surface area (Å²) in [6.07, 6.45) is 9.18. The Morgan fingerprint density at radius 1 is 0.911 bits per heavy atom. The zero-order valence-electron chi connectivity index (χ0n) is 30.9. The SMILES string of the molecule is C=CN(CCNC=O)CCNC(=O)CCC(C)(C)OCCC(C)(C)ONC(C)N(CC(C)(C)CCCC(C)(C)CCC)C(C)O. The third kappa shape index (κ3) is 21.7. The third-order valence-electron chi connectivity index (χ3n) is 8.48. The van der Waals surface area contributed by atoms with Gasteiger partial charge in [-0.15, -0.1) is 0 Å². The fourth-order valence-corrected chi connectivity index (χ4v) is 5.43. The van der Waals surface area contributed by atoms with Crippen molar-refractivity contribution in [3.8, 4) is 0 Å². The van der Waals surface area contributed by atoms with Crippen LogP contribution >= 0.6 is 0 Å². The van der Waals surface area contributed by atoms with Gasteiger partial charge in [0, 0.05) is 45.6 Å². The van der Waals surface area contributed by atoms with E-state index in [1.54, 1.807) is 6.20 Å². The quantitative estimate of drug-likeness (QED) is 0.0380. The Bertz CT molecular complexity index is 831. The van der Waals surface area contributed by atoms with Gasteiger partial charge >= 0.3 is 0 Å². The summed E-state index contributed by atoms with van der Waals surface area (Å²) >= 11 is 0. The summed E-state index contributed by atoms with van der Waals surface area (Å²) in [5.41, 5.74) is 2.67. The van der Waals surface area contributed by atoms with Gasteiger partial charge in [0.25, 0.3) is 0 Å². The standard InChI is InChI=1S/C35H71N5O5/c1-13-17-32(5,6)18-15-19-33(7,8)27-40(30(4)42)29(3)38-45-35(11,12)21-26-44-34(9,10)20-16-31(43)37-23-25-39(14-2)24-22-36-28-41/h14,28-30,38,42H,2,13,15-27H2,1,3-12H3,(H,36,41)(H,37,43). The highest BCUT2D eigenvalue weighted by atomic mass is 16.7. The van der Waals surface area contributed by atoms with E-state index < -0.39 is 17.4 Å². The minimum atomic E-state index is -0.608. The van der Waals surface area contributed by atoms with Crippen LogP contribution in [0.1, 0.15) is 128 Å². The summed E-state index contributed by atoms with van der Waals surface area (Å²) < 4.78 is 6.17. The van der Waals surface area contributed by atoms with Crippen LogP contribution in [0.4, 0.5) is 0 Å². The van der Waals surface area contributed by atoms with Gasteiger partial charge in [0.1, 0.15) is 6.23 Å². The average molecular weight is 642 g/mol. The molecule has 0 aliphatic heterocycles. The van der Waals surface area contributed by atoms with E-state index in [1.807, 2.05) is 46.4 Å². The van der Waals surface area contributed by atoms with Crippen molar-refractivity contribution in [2.45, 2.75) is 151 Å². The number of hydrogen-bond acceptors (Lipinski definition) is 8. The zero-order valence-corrected chi connectivity index (χ0v) is 30.9. The monoisotopic (exact) mass is 642 g/mol. The van der Waals surface area contributed by atoms with E-state index in [1.165, 1.54) is 25.7 Å². The maximum atomic E-state index is 12.4. The molecule has 0 bridgehead atoms. The molecule has 0 aromatic heterocycles. The number of aliphatic hydroxyl groups excluding tert-OH is 1. The Kier molecular flexibility index (Phi) is 20.4. The highest BCUT2D eigenvalue weighted by Crippen LogP contribution is 2.33. The van der Waals surface area contributed by atoms with Crippen molar-refractivity contribution in [3.63, 3.8) is 0 Å². The molecule has 0 spiro atoms. The van der Waals surface area contributed by atoms with Crippen LogP contribution in [0.25, 0.3) is 0 Å². The first-order chi connectivity index (χ1) is 20.8. The predicted octanol–water partition coefficient (Wildman–Crippen LogP) is 5.57. The summed E-state index contributed by atoms with van der Waals surface area (Å²) in [4.78, 5) is 32.9. The van der Waals surface area contributed by atoms with Crippen molar-refractivity contribution in [1.82, 2.24) is 25.9 Å². The minimum Gasteiger partial charge on any atom is -0.379 e. The number of ether oxygens (including phenoxy) is 1. The number of carbonyl (C=O) groups excluding carboxylic acids is 2.